The van der Waals surface area contributed by atoms with Crippen LogP contribution in [0.25, 0.3) is 0 Å². The Morgan fingerprint density at radius 2 is 2.00 bits per heavy atom. The predicted molar refractivity (Wildman–Crippen MR) is 149 cm³/mol. The van der Waals surface area contributed by atoms with Crippen molar-refractivity contribution in [3.05, 3.63) is 58.1 Å². The van der Waals surface area contributed by atoms with Crippen molar-refractivity contribution in [1.29, 1.82) is 0 Å². The second-order valence-electron chi connectivity index (χ2n) is 11.5. The number of halogens is 1. The minimum absolute atomic E-state index is 0.106. The molecule has 8 nitrogen and oxygen atoms in total. The lowest BCUT2D eigenvalue weighted by Crippen LogP contribution is -2.50. The second-order valence-corrected chi connectivity index (χ2v) is 13.8. The number of sulfonamides is 1. The number of carbonyl (C=O) groups is 1. The topological polar surface area (TPSA) is 105 Å². The van der Waals surface area contributed by atoms with Gasteiger partial charge in [-0.2, -0.15) is 0 Å². The Morgan fingerprint density at radius 3 is 2.82 bits per heavy atom. The fourth-order valence-corrected chi connectivity index (χ4v) is 7.99. The molecule has 39 heavy (non-hydrogen) atoms. The number of nitrogens with one attached hydrogen (secondary N) is 1. The maximum atomic E-state index is 13.0. The Labute approximate surface area is 234 Å². The number of anilines is 1. The second kappa shape index (κ2) is 10.6. The largest absolute Gasteiger partial charge is 0.490 e. The molecule has 4 unspecified atom stereocenters. The van der Waals surface area contributed by atoms with Crippen LogP contribution in [-0.2, 0) is 26.6 Å². The van der Waals surface area contributed by atoms with Crippen LogP contribution in [0.15, 0.2) is 36.4 Å². The highest BCUT2D eigenvalue weighted by Crippen LogP contribution is 2.46. The molecule has 6 rings (SSSR count). The number of hydrogen-bond donors (Lipinski definition) is 2. The van der Waals surface area contributed by atoms with Crippen LogP contribution < -0.4 is 14.4 Å². The van der Waals surface area contributed by atoms with Gasteiger partial charge in [0.05, 0.1) is 30.8 Å². The predicted octanol–water partition coefficient (Wildman–Crippen LogP) is 3.68. The van der Waals surface area contributed by atoms with Gasteiger partial charge in [-0.05, 0) is 91.8 Å². The van der Waals surface area contributed by atoms with Gasteiger partial charge >= 0.3 is 0 Å². The van der Waals surface area contributed by atoms with Crippen molar-refractivity contribution in [1.82, 2.24) is 4.72 Å². The number of aryl methyl sites for hydroxylation is 1. The van der Waals surface area contributed by atoms with Crippen LogP contribution in [0.1, 0.15) is 53.6 Å². The summed E-state index contributed by atoms with van der Waals surface area (Å²) in [7, 11) is -3.83. The standard InChI is InChI=1S/C29H35ClN2O6S/c30-22-6-8-24-19(13-22)3-1-10-29(24)17-32-15-21-4-7-23(21)26(33)16-37-11-2-12-39(35,36)31-28(34)20-5-9-27(38-18-29)25(32)14-20/h5-6,8-9,13-14,21,23,26,33H,1-4,7,10-12,15-18H2,(H,31,34). The van der Waals surface area contributed by atoms with Crippen LogP contribution in [0.4, 0.5) is 5.69 Å². The average molecular weight is 575 g/mol. The molecule has 4 atom stereocenters. The molecule has 10 heteroatoms. The van der Waals surface area contributed by atoms with Crippen molar-refractivity contribution < 1.29 is 27.8 Å². The number of hydrogen-bond acceptors (Lipinski definition) is 7. The zero-order valence-corrected chi connectivity index (χ0v) is 23.5. The number of aliphatic hydroxyl groups excluding tert-OH is 1. The number of carbonyl (C=O) groups excluding carboxylic acids is 1. The van der Waals surface area contributed by atoms with E-state index in [1.165, 1.54) is 11.1 Å². The van der Waals surface area contributed by atoms with Gasteiger partial charge < -0.3 is 19.5 Å². The van der Waals surface area contributed by atoms with Crippen molar-refractivity contribution in [3.63, 3.8) is 0 Å². The summed E-state index contributed by atoms with van der Waals surface area (Å²) in [6.07, 6.45) is 4.52. The minimum atomic E-state index is -3.83. The number of benzene rings is 2. The number of fused-ring (bicyclic) bond motifs is 4. The average Bonchev–Trinajstić information content (AvgIpc) is 3.02. The molecule has 0 radical (unpaired) electrons. The fourth-order valence-electron chi connectivity index (χ4n) is 6.80. The molecule has 1 saturated carbocycles. The molecule has 2 aromatic rings. The van der Waals surface area contributed by atoms with E-state index >= 15 is 0 Å². The molecule has 4 aliphatic rings. The van der Waals surface area contributed by atoms with Crippen LogP contribution >= 0.6 is 11.6 Å². The molecular formula is C29H35ClN2O6S. The molecular weight excluding hydrogens is 540 g/mol. The van der Waals surface area contributed by atoms with Gasteiger partial charge in [-0.1, -0.05) is 17.7 Å². The number of aliphatic hydroxyl groups is 1. The maximum absolute atomic E-state index is 13.0. The summed E-state index contributed by atoms with van der Waals surface area (Å²) >= 11 is 6.36. The third-order valence-corrected chi connectivity index (χ3v) is 10.5. The molecule has 1 amide bonds. The van der Waals surface area contributed by atoms with Gasteiger partial charge in [-0.3, -0.25) is 4.79 Å². The quantitative estimate of drug-likeness (QED) is 0.494. The number of rotatable bonds is 0. The molecule has 1 spiro atoms. The first-order chi connectivity index (χ1) is 18.7. The van der Waals surface area contributed by atoms with E-state index in [-0.39, 0.29) is 48.2 Å². The molecule has 1 fully saturated rings. The Morgan fingerprint density at radius 1 is 1.13 bits per heavy atom. The van der Waals surface area contributed by atoms with Crippen LogP contribution in [0, 0.1) is 11.8 Å². The van der Waals surface area contributed by atoms with Crippen molar-refractivity contribution in [2.75, 3.05) is 43.6 Å². The number of ether oxygens (including phenoxy) is 2. The van der Waals surface area contributed by atoms with E-state index in [2.05, 4.69) is 21.8 Å². The lowest BCUT2D eigenvalue weighted by Gasteiger charge is -2.45. The Balaban J connectivity index is 1.40. The maximum Gasteiger partial charge on any atom is 0.264 e. The Bertz CT molecular complexity index is 1370. The monoisotopic (exact) mass is 574 g/mol. The normalized spacial score (nSPS) is 30.7. The summed E-state index contributed by atoms with van der Waals surface area (Å²) in [5.74, 6) is 0.167. The molecule has 2 aromatic carbocycles. The van der Waals surface area contributed by atoms with E-state index in [4.69, 9.17) is 21.1 Å². The third kappa shape index (κ3) is 5.38. The first-order valence-electron chi connectivity index (χ1n) is 13.8. The molecule has 2 bridgehead atoms. The summed E-state index contributed by atoms with van der Waals surface area (Å²) in [6.45, 7) is 2.27. The zero-order valence-electron chi connectivity index (χ0n) is 21.9. The highest BCUT2D eigenvalue weighted by molar-refractivity contribution is 7.90. The molecule has 210 valence electrons. The highest BCUT2D eigenvalue weighted by Gasteiger charge is 2.44. The van der Waals surface area contributed by atoms with Gasteiger partial charge in [-0.15, -0.1) is 0 Å². The summed E-state index contributed by atoms with van der Waals surface area (Å²) in [6, 6.07) is 11.3. The SMILES string of the molecule is O=C1NS(=O)(=O)CCCOCC(O)C2CCC2CN2CC3(CCCc4cc(Cl)ccc43)COc3ccc1cc32. The van der Waals surface area contributed by atoms with Crippen molar-refractivity contribution >= 4 is 33.2 Å². The van der Waals surface area contributed by atoms with E-state index in [1.807, 2.05) is 6.07 Å². The van der Waals surface area contributed by atoms with Crippen LogP contribution in [-0.4, -0.2) is 64.2 Å². The van der Waals surface area contributed by atoms with Gasteiger partial charge in [-0.25, -0.2) is 13.1 Å². The van der Waals surface area contributed by atoms with E-state index in [0.717, 1.165) is 42.8 Å². The zero-order chi connectivity index (χ0) is 27.2. The van der Waals surface area contributed by atoms with Gasteiger partial charge in [0.15, 0.2) is 0 Å². The van der Waals surface area contributed by atoms with E-state index in [1.54, 1.807) is 18.2 Å². The first kappa shape index (κ1) is 26.9. The number of amides is 1. The van der Waals surface area contributed by atoms with Crippen molar-refractivity contribution in [3.8, 4) is 5.75 Å². The van der Waals surface area contributed by atoms with Crippen LogP contribution in [0.2, 0.25) is 5.02 Å². The molecule has 2 aliphatic heterocycles. The minimum Gasteiger partial charge on any atom is -0.490 e. The smallest absolute Gasteiger partial charge is 0.264 e. The van der Waals surface area contributed by atoms with Gasteiger partial charge in [0.2, 0.25) is 10.0 Å². The molecule has 0 saturated heterocycles. The first-order valence-corrected chi connectivity index (χ1v) is 15.9. The third-order valence-electron chi connectivity index (χ3n) is 8.96. The summed E-state index contributed by atoms with van der Waals surface area (Å²) in [5, 5.41) is 11.6. The highest BCUT2D eigenvalue weighted by atomic mass is 35.5. The number of nitrogens with zero attached hydrogens (tertiary/aromatic N) is 1. The summed E-state index contributed by atoms with van der Waals surface area (Å²) < 4.78 is 39.4. The lowest BCUT2D eigenvalue weighted by molar-refractivity contribution is -0.0417. The van der Waals surface area contributed by atoms with Gasteiger partial charge in [0, 0.05) is 35.7 Å². The molecule has 2 heterocycles. The molecule has 2 N–H and O–H groups in total. The summed E-state index contributed by atoms with van der Waals surface area (Å²) in [4.78, 5) is 15.3. The Hall–Kier alpha value is -2.33. The molecule has 0 aromatic heterocycles. The van der Waals surface area contributed by atoms with E-state index in [0.29, 0.717) is 25.4 Å². The van der Waals surface area contributed by atoms with E-state index < -0.39 is 22.0 Å². The van der Waals surface area contributed by atoms with Gasteiger partial charge in [0.25, 0.3) is 5.91 Å². The van der Waals surface area contributed by atoms with E-state index in [9.17, 15) is 18.3 Å². The van der Waals surface area contributed by atoms with Crippen molar-refractivity contribution in [2.24, 2.45) is 11.8 Å². The lowest BCUT2D eigenvalue weighted by atomic mass is 9.68. The van der Waals surface area contributed by atoms with Gasteiger partial charge in [0.1, 0.15) is 5.75 Å². The summed E-state index contributed by atoms with van der Waals surface area (Å²) in [5.41, 5.74) is 3.29. The van der Waals surface area contributed by atoms with Crippen LogP contribution in [0.5, 0.6) is 5.75 Å². The van der Waals surface area contributed by atoms with Crippen molar-refractivity contribution in [2.45, 2.75) is 50.0 Å². The molecule has 2 aliphatic carbocycles. The fraction of sp³-hybridized carbons (Fsp3) is 0.552. The Kier molecular flexibility index (Phi) is 7.29. The van der Waals surface area contributed by atoms with Crippen LogP contribution in [0.3, 0.4) is 0 Å².